The molecule has 1 aromatic rings. The third kappa shape index (κ3) is 3.83. The molecule has 1 unspecified atom stereocenters. The van der Waals surface area contributed by atoms with Gasteiger partial charge in [0, 0.05) is 6.54 Å². The van der Waals surface area contributed by atoms with Crippen LogP contribution >= 0.6 is 0 Å². The molecule has 0 bridgehead atoms. The quantitative estimate of drug-likeness (QED) is 0.815. The monoisotopic (exact) mass is 232 g/mol. The molecule has 0 aromatic heterocycles. The Bertz CT molecular complexity index is 323. The van der Waals surface area contributed by atoms with Crippen LogP contribution in [0.5, 0.6) is 0 Å². The van der Waals surface area contributed by atoms with Crippen LogP contribution in [0.4, 0.5) is 0 Å². The Morgan fingerprint density at radius 1 is 1.29 bits per heavy atom. The Morgan fingerprint density at radius 2 is 2.06 bits per heavy atom. The Labute approximate surface area is 105 Å². The molecule has 1 fully saturated rings. The molecule has 2 rings (SSSR count). The van der Waals surface area contributed by atoms with Crippen molar-refractivity contribution in [1.82, 2.24) is 10.6 Å². The minimum absolute atomic E-state index is 0.626. The van der Waals surface area contributed by atoms with E-state index in [1.165, 1.54) is 30.6 Å². The van der Waals surface area contributed by atoms with Gasteiger partial charge in [0.25, 0.3) is 0 Å². The van der Waals surface area contributed by atoms with Crippen molar-refractivity contribution in [3.63, 3.8) is 0 Å². The van der Waals surface area contributed by atoms with E-state index in [9.17, 15) is 0 Å². The van der Waals surface area contributed by atoms with Crippen LogP contribution in [0.25, 0.3) is 0 Å². The van der Waals surface area contributed by atoms with E-state index in [2.05, 4.69) is 48.7 Å². The van der Waals surface area contributed by atoms with Gasteiger partial charge in [-0.15, -0.1) is 0 Å². The van der Waals surface area contributed by atoms with Crippen LogP contribution < -0.4 is 10.6 Å². The lowest BCUT2D eigenvalue weighted by Crippen LogP contribution is -2.24. The van der Waals surface area contributed by atoms with Gasteiger partial charge < -0.3 is 10.6 Å². The molecule has 1 heterocycles. The summed E-state index contributed by atoms with van der Waals surface area (Å²) in [5.41, 5.74) is 2.81. The van der Waals surface area contributed by atoms with E-state index in [1.807, 2.05) is 0 Å². The van der Waals surface area contributed by atoms with Crippen molar-refractivity contribution in [1.29, 1.82) is 0 Å². The molecule has 0 radical (unpaired) electrons. The molecular formula is C15H24N2. The molecule has 2 nitrogen and oxygen atoms in total. The standard InChI is InChI=1S/C15H24N2/c1-12(2)15-5-3-13(4-6-15)9-17-11-14-7-8-16-10-14/h3-6,12,14,16-17H,7-11H2,1-2H3. The first-order valence-corrected chi connectivity index (χ1v) is 6.76. The van der Waals surface area contributed by atoms with Crippen LogP contribution in [-0.2, 0) is 6.54 Å². The molecule has 94 valence electrons. The van der Waals surface area contributed by atoms with Gasteiger partial charge in [0.15, 0.2) is 0 Å². The van der Waals surface area contributed by atoms with Crippen LogP contribution in [0.1, 0.15) is 37.3 Å². The van der Waals surface area contributed by atoms with Crippen molar-refractivity contribution in [3.8, 4) is 0 Å². The summed E-state index contributed by atoms with van der Waals surface area (Å²) in [4.78, 5) is 0. The molecule has 1 saturated heterocycles. The minimum Gasteiger partial charge on any atom is -0.316 e. The summed E-state index contributed by atoms with van der Waals surface area (Å²) in [6.45, 7) is 8.98. The molecule has 2 N–H and O–H groups in total. The van der Waals surface area contributed by atoms with Gasteiger partial charge in [0.1, 0.15) is 0 Å². The lowest BCUT2D eigenvalue weighted by Gasteiger charge is -2.11. The first kappa shape index (κ1) is 12.6. The summed E-state index contributed by atoms with van der Waals surface area (Å²) >= 11 is 0. The van der Waals surface area contributed by atoms with E-state index in [0.29, 0.717) is 5.92 Å². The second-order valence-electron chi connectivity index (χ2n) is 5.39. The summed E-state index contributed by atoms with van der Waals surface area (Å²) in [6, 6.07) is 8.99. The van der Waals surface area contributed by atoms with E-state index in [1.54, 1.807) is 0 Å². The normalized spacial score (nSPS) is 20.1. The van der Waals surface area contributed by atoms with Gasteiger partial charge in [-0.2, -0.15) is 0 Å². The summed E-state index contributed by atoms with van der Waals surface area (Å²) in [6.07, 6.45) is 1.32. The van der Waals surface area contributed by atoms with Gasteiger partial charge in [-0.3, -0.25) is 0 Å². The maximum Gasteiger partial charge on any atom is 0.0205 e. The summed E-state index contributed by atoms with van der Waals surface area (Å²) in [5, 5.41) is 6.95. The molecule has 1 aliphatic heterocycles. The lowest BCUT2D eigenvalue weighted by molar-refractivity contribution is 0.512. The second kappa shape index (κ2) is 6.18. The molecular weight excluding hydrogens is 208 g/mol. The Morgan fingerprint density at radius 3 is 2.65 bits per heavy atom. The first-order valence-electron chi connectivity index (χ1n) is 6.76. The van der Waals surface area contributed by atoms with Gasteiger partial charge in [-0.25, -0.2) is 0 Å². The van der Waals surface area contributed by atoms with Crippen LogP contribution in [0.2, 0.25) is 0 Å². The summed E-state index contributed by atoms with van der Waals surface area (Å²) in [7, 11) is 0. The highest BCUT2D eigenvalue weighted by atomic mass is 14.9. The number of rotatable bonds is 5. The van der Waals surface area contributed by atoms with Crippen molar-refractivity contribution in [2.45, 2.75) is 32.7 Å². The van der Waals surface area contributed by atoms with Crippen molar-refractivity contribution in [3.05, 3.63) is 35.4 Å². The highest BCUT2D eigenvalue weighted by Gasteiger charge is 2.13. The van der Waals surface area contributed by atoms with Gasteiger partial charge in [0.2, 0.25) is 0 Å². The molecule has 1 aromatic carbocycles. The average Bonchev–Trinajstić information content (AvgIpc) is 2.83. The lowest BCUT2D eigenvalue weighted by atomic mass is 10.0. The smallest absolute Gasteiger partial charge is 0.0205 e. The number of hydrogen-bond donors (Lipinski definition) is 2. The minimum atomic E-state index is 0.626. The van der Waals surface area contributed by atoms with E-state index in [4.69, 9.17) is 0 Å². The molecule has 0 spiro atoms. The summed E-state index contributed by atoms with van der Waals surface area (Å²) in [5.74, 6) is 1.45. The molecule has 0 saturated carbocycles. The van der Waals surface area contributed by atoms with Crippen molar-refractivity contribution < 1.29 is 0 Å². The van der Waals surface area contributed by atoms with Gasteiger partial charge in [0.05, 0.1) is 0 Å². The third-order valence-electron chi connectivity index (χ3n) is 3.57. The Hall–Kier alpha value is -0.860. The SMILES string of the molecule is CC(C)c1ccc(CNCC2CCNC2)cc1. The zero-order valence-electron chi connectivity index (χ0n) is 11.0. The van der Waals surface area contributed by atoms with E-state index < -0.39 is 0 Å². The highest BCUT2D eigenvalue weighted by Crippen LogP contribution is 2.14. The van der Waals surface area contributed by atoms with E-state index in [-0.39, 0.29) is 0 Å². The molecule has 2 heteroatoms. The average molecular weight is 232 g/mol. The Kier molecular flexibility index (Phi) is 4.57. The zero-order chi connectivity index (χ0) is 12.1. The Balaban J connectivity index is 1.74. The second-order valence-corrected chi connectivity index (χ2v) is 5.39. The summed E-state index contributed by atoms with van der Waals surface area (Å²) < 4.78 is 0. The van der Waals surface area contributed by atoms with Gasteiger partial charge >= 0.3 is 0 Å². The molecule has 1 aliphatic rings. The maximum atomic E-state index is 3.55. The van der Waals surface area contributed by atoms with Gasteiger partial charge in [-0.1, -0.05) is 38.1 Å². The predicted molar refractivity (Wildman–Crippen MR) is 73.2 cm³/mol. The van der Waals surface area contributed by atoms with Crippen molar-refractivity contribution >= 4 is 0 Å². The third-order valence-corrected chi connectivity index (χ3v) is 3.57. The van der Waals surface area contributed by atoms with Gasteiger partial charge in [-0.05, 0) is 49.0 Å². The molecule has 0 amide bonds. The predicted octanol–water partition coefficient (Wildman–Crippen LogP) is 2.51. The van der Waals surface area contributed by atoms with E-state index in [0.717, 1.165) is 19.0 Å². The van der Waals surface area contributed by atoms with Crippen LogP contribution in [-0.4, -0.2) is 19.6 Å². The maximum absolute atomic E-state index is 3.55. The van der Waals surface area contributed by atoms with E-state index >= 15 is 0 Å². The van der Waals surface area contributed by atoms with Crippen molar-refractivity contribution in [2.24, 2.45) is 5.92 Å². The number of hydrogen-bond acceptors (Lipinski definition) is 2. The molecule has 17 heavy (non-hydrogen) atoms. The van der Waals surface area contributed by atoms with Crippen molar-refractivity contribution in [2.75, 3.05) is 19.6 Å². The zero-order valence-corrected chi connectivity index (χ0v) is 11.0. The fraction of sp³-hybridized carbons (Fsp3) is 0.600. The number of benzene rings is 1. The van der Waals surface area contributed by atoms with Crippen LogP contribution in [0.15, 0.2) is 24.3 Å². The fourth-order valence-electron chi connectivity index (χ4n) is 2.33. The first-order chi connectivity index (χ1) is 8.25. The van der Waals surface area contributed by atoms with Crippen LogP contribution in [0, 0.1) is 5.92 Å². The number of nitrogens with one attached hydrogen (secondary N) is 2. The molecule has 1 atom stereocenters. The van der Waals surface area contributed by atoms with Crippen LogP contribution in [0.3, 0.4) is 0 Å². The molecule has 0 aliphatic carbocycles. The fourth-order valence-corrected chi connectivity index (χ4v) is 2.33. The largest absolute Gasteiger partial charge is 0.316 e. The highest BCUT2D eigenvalue weighted by molar-refractivity contribution is 5.24. The topological polar surface area (TPSA) is 24.1 Å².